The van der Waals surface area contributed by atoms with E-state index in [-0.39, 0.29) is 12.5 Å². The maximum absolute atomic E-state index is 12.9. The Balaban J connectivity index is 1.84. The molecular weight excluding hydrogens is 393 g/mol. The lowest BCUT2D eigenvalue weighted by Gasteiger charge is -2.20. The van der Waals surface area contributed by atoms with Crippen LogP contribution in [0.3, 0.4) is 0 Å². The summed E-state index contributed by atoms with van der Waals surface area (Å²) in [6, 6.07) is 14.6. The molecule has 0 aliphatic carbocycles. The van der Waals surface area contributed by atoms with Crippen LogP contribution in [0.1, 0.15) is 25.0 Å². The van der Waals surface area contributed by atoms with Crippen LogP contribution >= 0.6 is 0 Å². The molecule has 0 saturated heterocycles. The molecule has 3 aromatic rings. The minimum absolute atomic E-state index is 0.149. The van der Waals surface area contributed by atoms with Crippen molar-refractivity contribution in [1.29, 1.82) is 0 Å². The van der Waals surface area contributed by atoms with Crippen molar-refractivity contribution in [2.45, 2.75) is 26.6 Å². The number of hydrogen-bond acceptors (Lipinski definition) is 6. The Bertz CT molecular complexity index is 958. The van der Waals surface area contributed by atoms with E-state index in [0.29, 0.717) is 30.5 Å². The summed E-state index contributed by atoms with van der Waals surface area (Å²) < 4.78 is 38.8. The number of halogens is 3. The summed E-state index contributed by atoms with van der Waals surface area (Å²) in [6.07, 6.45) is -4.38. The Hall–Kier alpha value is -3.36. The van der Waals surface area contributed by atoms with Gasteiger partial charge in [0.2, 0.25) is 17.8 Å². The zero-order valence-corrected chi connectivity index (χ0v) is 16.7. The van der Waals surface area contributed by atoms with E-state index < -0.39 is 11.7 Å². The fraction of sp³-hybridized carbons (Fsp3) is 0.286. The standard InChI is InChI=1S/C21H23F3N6/c1-3-30(4-2)20-28-18(27-19(29-20)26-17-11-6-5-7-12-17)25-14-15-9-8-10-16(13-15)21(22,23)24/h5-13H,3-4,14H2,1-2H3,(H2,25,26,27,28,29). The Morgan fingerprint density at radius 2 is 1.57 bits per heavy atom. The van der Waals surface area contributed by atoms with E-state index in [1.807, 2.05) is 49.1 Å². The predicted octanol–water partition coefficient (Wildman–Crippen LogP) is 5.09. The van der Waals surface area contributed by atoms with Crippen molar-refractivity contribution >= 4 is 23.5 Å². The van der Waals surface area contributed by atoms with Crippen molar-refractivity contribution in [2.24, 2.45) is 0 Å². The summed E-state index contributed by atoms with van der Waals surface area (Å²) in [5.74, 6) is 1.12. The first kappa shape index (κ1) is 21.4. The van der Waals surface area contributed by atoms with Crippen LogP contribution in [0, 0.1) is 0 Å². The van der Waals surface area contributed by atoms with Crippen LogP contribution in [0.4, 0.5) is 36.7 Å². The number of para-hydroxylation sites is 1. The van der Waals surface area contributed by atoms with Crippen LogP contribution in [0.25, 0.3) is 0 Å². The van der Waals surface area contributed by atoms with E-state index in [9.17, 15) is 13.2 Å². The summed E-state index contributed by atoms with van der Waals surface area (Å²) in [5, 5.41) is 6.15. The average Bonchev–Trinajstić information content (AvgIpc) is 2.73. The predicted molar refractivity (Wildman–Crippen MR) is 112 cm³/mol. The van der Waals surface area contributed by atoms with Gasteiger partial charge in [0.05, 0.1) is 5.56 Å². The number of hydrogen-bond donors (Lipinski definition) is 2. The second-order valence-corrected chi connectivity index (χ2v) is 6.50. The number of benzene rings is 2. The van der Waals surface area contributed by atoms with Crippen molar-refractivity contribution in [3.63, 3.8) is 0 Å². The van der Waals surface area contributed by atoms with E-state index in [1.54, 1.807) is 6.07 Å². The fourth-order valence-corrected chi connectivity index (χ4v) is 2.84. The Morgan fingerprint density at radius 3 is 2.23 bits per heavy atom. The lowest BCUT2D eigenvalue weighted by atomic mass is 10.1. The minimum atomic E-state index is -4.38. The van der Waals surface area contributed by atoms with Gasteiger partial charge in [0.25, 0.3) is 0 Å². The summed E-state index contributed by atoms with van der Waals surface area (Å²) in [4.78, 5) is 15.2. The van der Waals surface area contributed by atoms with Crippen LogP contribution in [0.5, 0.6) is 0 Å². The van der Waals surface area contributed by atoms with Crippen LogP contribution in [0.15, 0.2) is 54.6 Å². The third kappa shape index (κ3) is 5.59. The first-order valence-electron chi connectivity index (χ1n) is 9.62. The van der Waals surface area contributed by atoms with Crippen LogP contribution < -0.4 is 15.5 Å². The number of anilines is 4. The van der Waals surface area contributed by atoms with Gasteiger partial charge in [0, 0.05) is 25.3 Å². The summed E-state index contributed by atoms with van der Waals surface area (Å²) in [5.41, 5.74) is 0.609. The molecule has 1 aromatic heterocycles. The first-order valence-corrected chi connectivity index (χ1v) is 9.62. The molecule has 0 aliphatic rings. The van der Waals surface area contributed by atoms with Gasteiger partial charge < -0.3 is 15.5 Å². The maximum atomic E-state index is 12.9. The number of nitrogens with zero attached hydrogens (tertiary/aromatic N) is 4. The summed E-state index contributed by atoms with van der Waals surface area (Å²) >= 11 is 0. The van der Waals surface area contributed by atoms with E-state index in [4.69, 9.17) is 0 Å². The average molecular weight is 416 g/mol. The van der Waals surface area contributed by atoms with Crippen molar-refractivity contribution in [3.8, 4) is 0 Å². The molecule has 3 rings (SSSR count). The monoisotopic (exact) mass is 416 g/mol. The van der Waals surface area contributed by atoms with Gasteiger partial charge in [0.15, 0.2) is 0 Å². The van der Waals surface area contributed by atoms with Crippen LogP contribution in [0.2, 0.25) is 0 Å². The molecule has 2 aromatic carbocycles. The van der Waals surface area contributed by atoms with Gasteiger partial charge in [-0.2, -0.15) is 28.1 Å². The van der Waals surface area contributed by atoms with Crippen LogP contribution in [-0.4, -0.2) is 28.0 Å². The van der Waals surface area contributed by atoms with Gasteiger partial charge in [-0.1, -0.05) is 30.3 Å². The highest BCUT2D eigenvalue weighted by Gasteiger charge is 2.30. The lowest BCUT2D eigenvalue weighted by Crippen LogP contribution is -2.25. The Kier molecular flexibility index (Phi) is 6.71. The van der Waals surface area contributed by atoms with E-state index in [0.717, 1.165) is 17.8 Å². The summed E-state index contributed by atoms with van der Waals surface area (Å²) in [6.45, 7) is 5.55. The third-order valence-electron chi connectivity index (χ3n) is 4.40. The van der Waals surface area contributed by atoms with Gasteiger partial charge in [-0.3, -0.25) is 0 Å². The molecule has 6 nitrogen and oxygen atoms in total. The van der Waals surface area contributed by atoms with E-state index >= 15 is 0 Å². The Morgan fingerprint density at radius 1 is 0.867 bits per heavy atom. The minimum Gasteiger partial charge on any atom is -0.350 e. The molecule has 1 heterocycles. The van der Waals surface area contributed by atoms with Gasteiger partial charge in [0.1, 0.15) is 0 Å². The molecule has 0 radical (unpaired) electrons. The molecule has 2 N–H and O–H groups in total. The highest BCUT2D eigenvalue weighted by atomic mass is 19.4. The highest BCUT2D eigenvalue weighted by Crippen LogP contribution is 2.29. The van der Waals surface area contributed by atoms with Gasteiger partial charge in [-0.05, 0) is 43.7 Å². The van der Waals surface area contributed by atoms with Crippen molar-refractivity contribution < 1.29 is 13.2 Å². The topological polar surface area (TPSA) is 66.0 Å². The molecule has 158 valence electrons. The number of nitrogens with one attached hydrogen (secondary N) is 2. The molecular formula is C21H23F3N6. The SMILES string of the molecule is CCN(CC)c1nc(NCc2cccc(C(F)(F)F)c2)nc(Nc2ccccc2)n1. The Labute approximate surface area is 173 Å². The summed E-state index contributed by atoms with van der Waals surface area (Å²) in [7, 11) is 0. The maximum Gasteiger partial charge on any atom is 0.416 e. The zero-order chi connectivity index (χ0) is 21.6. The van der Waals surface area contributed by atoms with Crippen molar-refractivity contribution in [2.75, 3.05) is 28.6 Å². The fourth-order valence-electron chi connectivity index (χ4n) is 2.84. The van der Waals surface area contributed by atoms with Gasteiger partial charge in [-0.15, -0.1) is 0 Å². The van der Waals surface area contributed by atoms with Gasteiger partial charge in [-0.25, -0.2) is 0 Å². The van der Waals surface area contributed by atoms with E-state index in [2.05, 4.69) is 25.6 Å². The molecule has 0 aliphatic heterocycles. The largest absolute Gasteiger partial charge is 0.416 e. The normalized spacial score (nSPS) is 11.2. The van der Waals surface area contributed by atoms with Crippen molar-refractivity contribution in [1.82, 2.24) is 15.0 Å². The third-order valence-corrected chi connectivity index (χ3v) is 4.40. The number of alkyl halides is 3. The molecule has 0 saturated carbocycles. The van der Waals surface area contributed by atoms with Crippen LogP contribution in [-0.2, 0) is 12.7 Å². The second kappa shape index (κ2) is 9.43. The molecule has 0 bridgehead atoms. The van der Waals surface area contributed by atoms with E-state index in [1.165, 1.54) is 6.07 Å². The number of aromatic nitrogens is 3. The molecule has 9 heteroatoms. The quantitative estimate of drug-likeness (QED) is 0.533. The molecule has 0 atom stereocenters. The molecule has 0 spiro atoms. The first-order chi connectivity index (χ1) is 14.4. The lowest BCUT2D eigenvalue weighted by molar-refractivity contribution is -0.137. The molecule has 0 fully saturated rings. The second-order valence-electron chi connectivity index (χ2n) is 6.50. The number of rotatable bonds is 8. The highest BCUT2D eigenvalue weighted by molar-refractivity contribution is 5.55. The smallest absolute Gasteiger partial charge is 0.350 e. The molecule has 0 unspecified atom stereocenters. The van der Waals surface area contributed by atoms with Gasteiger partial charge >= 0.3 is 6.18 Å². The van der Waals surface area contributed by atoms with Crippen molar-refractivity contribution in [3.05, 3.63) is 65.7 Å². The molecule has 30 heavy (non-hydrogen) atoms. The molecule has 0 amide bonds. The zero-order valence-electron chi connectivity index (χ0n) is 16.7.